The highest BCUT2D eigenvalue weighted by atomic mass is 35.5. The molecule has 0 aliphatic heterocycles. The Bertz CT molecular complexity index is 1150. The number of methoxy groups -OCH3 is 1. The quantitative estimate of drug-likeness (QED) is 0.272. The summed E-state index contributed by atoms with van der Waals surface area (Å²) in [5.41, 5.74) is 5.60. The molecule has 0 bridgehead atoms. The molecule has 2 amide bonds. The summed E-state index contributed by atoms with van der Waals surface area (Å²) in [6, 6.07) is 20.0. The molecule has 0 saturated carbocycles. The number of hydrazone groups is 1. The Morgan fingerprint density at radius 1 is 1.00 bits per heavy atom. The fraction of sp³-hybridized carbons (Fsp3) is 0.160. The molecule has 0 aromatic heterocycles. The van der Waals surface area contributed by atoms with Gasteiger partial charge in [-0.25, -0.2) is 5.43 Å². The number of ether oxygens (including phenoxy) is 2. The van der Waals surface area contributed by atoms with Crippen molar-refractivity contribution in [3.8, 4) is 11.5 Å². The van der Waals surface area contributed by atoms with Crippen molar-refractivity contribution < 1.29 is 19.1 Å². The first kappa shape index (κ1) is 23.8. The molecule has 0 aliphatic rings. The van der Waals surface area contributed by atoms with Gasteiger partial charge in [0.25, 0.3) is 0 Å². The zero-order chi connectivity index (χ0) is 23.6. The Morgan fingerprint density at radius 3 is 2.48 bits per heavy atom. The van der Waals surface area contributed by atoms with E-state index in [4.69, 9.17) is 21.1 Å². The smallest absolute Gasteiger partial charge is 0.249 e. The van der Waals surface area contributed by atoms with E-state index in [2.05, 4.69) is 15.8 Å². The summed E-state index contributed by atoms with van der Waals surface area (Å²) in [6.07, 6.45) is 1.11. The summed E-state index contributed by atoms with van der Waals surface area (Å²) in [6.45, 7) is 2.25. The van der Waals surface area contributed by atoms with E-state index in [1.165, 1.54) is 13.3 Å². The molecular weight excluding hydrogens is 442 g/mol. The average molecular weight is 466 g/mol. The third kappa shape index (κ3) is 7.36. The summed E-state index contributed by atoms with van der Waals surface area (Å²) in [5.74, 6) is 0.108. The maximum atomic E-state index is 12.0. The van der Waals surface area contributed by atoms with Crippen molar-refractivity contribution in [2.75, 3.05) is 12.4 Å². The van der Waals surface area contributed by atoms with E-state index in [0.717, 1.165) is 11.1 Å². The van der Waals surface area contributed by atoms with Crippen LogP contribution in [0.3, 0.4) is 0 Å². The molecule has 3 aromatic carbocycles. The van der Waals surface area contributed by atoms with Crippen molar-refractivity contribution in [3.63, 3.8) is 0 Å². The molecule has 0 atom stereocenters. The first-order valence-electron chi connectivity index (χ1n) is 10.2. The molecule has 0 radical (unpaired) electrons. The number of hydrogen-bond donors (Lipinski definition) is 2. The first-order valence-corrected chi connectivity index (χ1v) is 10.5. The van der Waals surface area contributed by atoms with Gasteiger partial charge in [0.1, 0.15) is 13.0 Å². The third-order valence-electron chi connectivity index (χ3n) is 4.59. The summed E-state index contributed by atoms with van der Waals surface area (Å²) < 4.78 is 11.2. The van der Waals surface area contributed by atoms with Crippen LogP contribution in [0.2, 0.25) is 5.02 Å². The van der Waals surface area contributed by atoms with Crippen LogP contribution in [0.5, 0.6) is 11.5 Å². The fourth-order valence-corrected chi connectivity index (χ4v) is 3.05. The molecule has 0 fully saturated rings. The van der Waals surface area contributed by atoms with Gasteiger partial charge >= 0.3 is 0 Å². The van der Waals surface area contributed by atoms with Crippen LogP contribution in [0.25, 0.3) is 0 Å². The molecule has 0 unspecified atom stereocenters. The lowest BCUT2D eigenvalue weighted by Gasteiger charge is -2.12. The van der Waals surface area contributed by atoms with E-state index in [0.29, 0.717) is 34.4 Å². The second kappa shape index (κ2) is 11.7. The molecule has 0 aliphatic carbocycles. The highest BCUT2D eigenvalue weighted by Crippen LogP contribution is 2.29. The fourth-order valence-electron chi connectivity index (χ4n) is 2.86. The molecule has 0 saturated heterocycles. The molecule has 3 aromatic rings. The lowest BCUT2D eigenvalue weighted by molar-refractivity contribution is -0.126. The van der Waals surface area contributed by atoms with Crippen LogP contribution in [0.1, 0.15) is 23.1 Å². The van der Waals surface area contributed by atoms with Gasteiger partial charge in [-0.1, -0.05) is 47.5 Å². The minimum absolute atomic E-state index is 0.296. The molecule has 0 spiro atoms. The second-order valence-corrected chi connectivity index (χ2v) is 7.58. The van der Waals surface area contributed by atoms with Crippen LogP contribution in [0.15, 0.2) is 71.8 Å². The Hall–Kier alpha value is -3.84. The summed E-state index contributed by atoms with van der Waals surface area (Å²) in [7, 11) is 1.53. The van der Waals surface area contributed by atoms with E-state index < -0.39 is 11.8 Å². The maximum absolute atomic E-state index is 12.0. The van der Waals surface area contributed by atoms with Crippen LogP contribution >= 0.6 is 11.6 Å². The first-order chi connectivity index (χ1) is 15.9. The van der Waals surface area contributed by atoms with Crippen LogP contribution in [-0.2, 0) is 16.2 Å². The van der Waals surface area contributed by atoms with Gasteiger partial charge in [0.15, 0.2) is 11.5 Å². The van der Waals surface area contributed by atoms with Crippen LogP contribution in [0.4, 0.5) is 5.69 Å². The third-order valence-corrected chi connectivity index (χ3v) is 4.96. The summed E-state index contributed by atoms with van der Waals surface area (Å²) in [4.78, 5) is 24.0. The van der Waals surface area contributed by atoms with Crippen LogP contribution in [0, 0.1) is 6.92 Å². The predicted molar refractivity (Wildman–Crippen MR) is 129 cm³/mol. The van der Waals surface area contributed by atoms with Crippen molar-refractivity contribution >= 4 is 35.3 Å². The summed E-state index contributed by atoms with van der Waals surface area (Å²) in [5, 5.41) is 7.20. The second-order valence-electron chi connectivity index (χ2n) is 7.17. The Balaban J connectivity index is 1.51. The zero-order valence-electron chi connectivity index (χ0n) is 18.3. The largest absolute Gasteiger partial charge is 0.493 e. The molecule has 33 heavy (non-hydrogen) atoms. The van der Waals surface area contributed by atoms with E-state index in [1.54, 1.807) is 36.4 Å². The van der Waals surface area contributed by atoms with Gasteiger partial charge in [-0.05, 0) is 48.9 Å². The number of benzene rings is 3. The van der Waals surface area contributed by atoms with Gasteiger partial charge in [0.05, 0.1) is 13.3 Å². The van der Waals surface area contributed by atoms with Crippen molar-refractivity contribution in [1.29, 1.82) is 0 Å². The number of rotatable bonds is 9. The number of anilines is 1. The van der Waals surface area contributed by atoms with Gasteiger partial charge < -0.3 is 14.8 Å². The average Bonchev–Trinajstić information content (AvgIpc) is 2.80. The number of carbonyl (C=O) groups is 2. The predicted octanol–water partition coefficient (Wildman–Crippen LogP) is 4.71. The van der Waals surface area contributed by atoms with Crippen molar-refractivity contribution in [2.45, 2.75) is 20.0 Å². The van der Waals surface area contributed by atoms with Gasteiger partial charge in [0.2, 0.25) is 11.8 Å². The molecule has 3 rings (SSSR count). The Kier molecular flexibility index (Phi) is 8.43. The Labute approximate surface area is 197 Å². The maximum Gasteiger partial charge on any atom is 0.249 e. The normalized spacial score (nSPS) is 10.6. The molecule has 0 heterocycles. The molecule has 8 heteroatoms. The van der Waals surface area contributed by atoms with Crippen molar-refractivity contribution in [1.82, 2.24) is 5.43 Å². The van der Waals surface area contributed by atoms with E-state index in [1.807, 2.05) is 37.3 Å². The van der Waals surface area contributed by atoms with Gasteiger partial charge in [-0.3, -0.25) is 9.59 Å². The zero-order valence-corrected chi connectivity index (χ0v) is 19.1. The number of aryl methyl sites for hydroxylation is 1. The topological polar surface area (TPSA) is 89.0 Å². The van der Waals surface area contributed by atoms with Gasteiger partial charge in [-0.15, -0.1) is 0 Å². The SMILES string of the molecule is COc1cc(C=NNC(=O)CC(=O)Nc2ccc(C)cc2)ccc1OCc1ccccc1Cl. The summed E-state index contributed by atoms with van der Waals surface area (Å²) >= 11 is 6.16. The van der Waals surface area contributed by atoms with Crippen molar-refractivity contribution in [2.24, 2.45) is 5.10 Å². The highest BCUT2D eigenvalue weighted by Gasteiger charge is 2.10. The minimum Gasteiger partial charge on any atom is -0.493 e. The number of nitrogens with zero attached hydrogens (tertiary/aromatic N) is 1. The molecule has 170 valence electrons. The number of carbonyl (C=O) groups excluding carboxylic acids is 2. The number of halogens is 1. The van der Waals surface area contributed by atoms with Crippen molar-refractivity contribution in [3.05, 3.63) is 88.4 Å². The van der Waals surface area contributed by atoms with Crippen LogP contribution in [-0.4, -0.2) is 25.1 Å². The van der Waals surface area contributed by atoms with E-state index in [9.17, 15) is 9.59 Å². The lowest BCUT2D eigenvalue weighted by Crippen LogP contribution is -2.24. The van der Waals surface area contributed by atoms with Crippen LogP contribution < -0.4 is 20.2 Å². The number of hydrogen-bond acceptors (Lipinski definition) is 5. The molecular formula is C25H24ClN3O4. The molecule has 2 N–H and O–H groups in total. The lowest BCUT2D eigenvalue weighted by atomic mass is 10.2. The van der Waals surface area contributed by atoms with Gasteiger partial charge in [0, 0.05) is 16.3 Å². The standard InChI is InChI=1S/C25H24ClN3O4/c1-17-7-10-20(11-8-17)28-24(30)14-25(31)29-27-15-18-9-12-22(23(13-18)32-2)33-16-19-5-3-4-6-21(19)26/h3-13,15H,14,16H2,1-2H3,(H,28,30)(H,29,31). The Morgan fingerprint density at radius 2 is 1.76 bits per heavy atom. The van der Waals surface area contributed by atoms with E-state index >= 15 is 0 Å². The minimum atomic E-state index is -0.525. The van der Waals surface area contributed by atoms with Gasteiger partial charge in [-0.2, -0.15) is 5.10 Å². The number of nitrogens with one attached hydrogen (secondary N) is 2. The molecule has 7 nitrogen and oxygen atoms in total. The monoisotopic (exact) mass is 465 g/mol. The number of amides is 2. The highest BCUT2D eigenvalue weighted by molar-refractivity contribution is 6.31. The van der Waals surface area contributed by atoms with E-state index in [-0.39, 0.29) is 6.42 Å².